The van der Waals surface area contributed by atoms with E-state index in [-0.39, 0.29) is 6.10 Å². The summed E-state index contributed by atoms with van der Waals surface area (Å²) in [6.07, 6.45) is 0.897. The molecule has 0 aromatic carbocycles. The fourth-order valence-electron chi connectivity index (χ4n) is 0.583. The van der Waals surface area contributed by atoms with Gasteiger partial charge in [-0.1, -0.05) is 13.8 Å². The average molecular weight is 197 g/mol. The summed E-state index contributed by atoms with van der Waals surface area (Å²) < 4.78 is 0. The molecule has 0 heterocycles. The van der Waals surface area contributed by atoms with Crippen LogP contribution in [-0.4, -0.2) is 28.6 Å². The van der Waals surface area contributed by atoms with Crippen LogP contribution in [-0.2, 0) is 0 Å². The summed E-state index contributed by atoms with van der Waals surface area (Å²) in [5.74, 6) is 3.02. The fraction of sp³-hybridized carbons (Fsp3) is 1.00. The highest BCUT2D eigenvalue weighted by Crippen LogP contribution is 2.10. The van der Waals surface area contributed by atoms with Gasteiger partial charge in [0, 0.05) is 11.6 Å². The van der Waals surface area contributed by atoms with Crippen LogP contribution in [0.15, 0.2) is 0 Å². The molecule has 0 spiro atoms. The maximum absolute atomic E-state index is 9.07. The normalized spacial score (nSPS) is 13.9. The largest absolute Gasteiger partial charge is 0.391 e. The van der Waals surface area contributed by atoms with Crippen molar-refractivity contribution in [2.45, 2.75) is 26.4 Å². The molecule has 3 heteroatoms. The smallest absolute Gasteiger partial charge is 0.0765 e. The standard InChI is InChI=1S/C8H17ClOS/c1-7(2)3-4-11-6-8(10)5-9/h7-8,10H,3-6H2,1-2H3. The molecular formula is C8H17ClOS. The van der Waals surface area contributed by atoms with Crippen LogP contribution in [0.2, 0.25) is 0 Å². The van der Waals surface area contributed by atoms with Gasteiger partial charge in [-0.15, -0.1) is 11.6 Å². The van der Waals surface area contributed by atoms with Gasteiger partial charge in [0.25, 0.3) is 0 Å². The van der Waals surface area contributed by atoms with E-state index in [4.69, 9.17) is 16.7 Å². The Morgan fingerprint density at radius 2 is 2.09 bits per heavy atom. The molecule has 1 nitrogen and oxygen atoms in total. The van der Waals surface area contributed by atoms with Crippen molar-refractivity contribution >= 4 is 23.4 Å². The van der Waals surface area contributed by atoms with Crippen LogP contribution in [0.25, 0.3) is 0 Å². The zero-order valence-electron chi connectivity index (χ0n) is 7.22. The topological polar surface area (TPSA) is 20.2 Å². The van der Waals surface area contributed by atoms with Gasteiger partial charge in [0.1, 0.15) is 0 Å². The Hall–Kier alpha value is 0.600. The van der Waals surface area contributed by atoms with Crippen molar-refractivity contribution in [3.63, 3.8) is 0 Å². The monoisotopic (exact) mass is 196 g/mol. The second-order valence-corrected chi connectivity index (χ2v) is 4.52. The van der Waals surface area contributed by atoms with Gasteiger partial charge in [-0.25, -0.2) is 0 Å². The van der Waals surface area contributed by atoms with E-state index in [2.05, 4.69) is 13.8 Å². The highest BCUT2D eigenvalue weighted by atomic mass is 35.5. The number of aliphatic hydroxyl groups is 1. The van der Waals surface area contributed by atoms with Crippen molar-refractivity contribution < 1.29 is 5.11 Å². The number of thioether (sulfide) groups is 1. The first-order valence-corrected chi connectivity index (χ1v) is 5.67. The van der Waals surface area contributed by atoms with Crippen molar-refractivity contribution in [2.24, 2.45) is 5.92 Å². The van der Waals surface area contributed by atoms with Crippen molar-refractivity contribution in [1.82, 2.24) is 0 Å². The third-order valence-corrected chi connectivity index (χ3v) is 2.83. The van der Waals surface area contributed by atoms with Crippen molar-refractivity contribution in [1.29, 1.82) is 0 Å². The van der Waals surface area contributed by atoms with Gasteiger partial charge in [-0.3, -0.25) is 0 Å². The number of halogens is 1. The number of hydrogen-bond donors (Lipinski definition) is 1. The van der Waals surface area contributed by atoms with Crippen molar-refractivity contribution in [3.05, 3.63) is 0 Å². The van der Waals surface area contributed by atoms with E-state index in [1.54, 1.807) is 11.8 Å². The summed E-state index contributed by atoms with van der Waals surface area (Å²) in [7, 11) is 0. The van der Waals surface area contributed by atoms with E-state index in [9.17, 15) is 0 Å². The Balaban J connectivity index is 3.01. The molecular weight excluding hydrogens is 180 g/mol. The number of alkyl halides is 1. The molecule has 0 aliphatic rings. The van der Waals surface area contributed by atoms with Gasteiger partial charge >= 0.3 is 0 Å². The summed E-state index contributed by atoms with van der Waals surface area (Å²) in [5.41, 5.74) is 0. The molecule has 0 fully saturated rings. The lowest BCUT2D eigenvalue weighted by molar-refractivity contribution is 0.223. The molecule has 1 atom stereocenters. The Kier molecular flexibility index (Phi) is 7.66. The minimum Gasteiger partial charge on any atom is -0.391 e. The average Bonchev–Trinajstić information content (AvgIpc) is 1.97. The maximum atomic E-state index is 9.07. The van der Waals surface area contributed by atoms with Gasteiger partial charge in [0.05, 0.1) is 6.10 Å². The van der Waals surface area contributed by atoms with Gasteiger partial charge in [0.2, 0.25) is 0 Å². The third kappa shape index (κ3) is 8.51. The molecule has 68 valence electrons. The Morgan fingerprint density at radius 3 is 2.55 bits per heavy atom. The minimum atomic E-state index is -0.325. The van der Waals surface area contributed by atoms with E-state index in [0.717, 1.165) is 17.4 Å². The molecule has 0 rings (SSSR count). The molecule has 0 aromatic rings. The molecule has 1 N–H and O–H groups in total. The molecule has 0 aliphatic heterocycles. The summed E-state index contributed by atoms with van der Waals surface area (Å²) >= 11 is 7.21. The predicted octanol–water partition coefficient (Wildman–Crippen LogP) is 2.37. The second kappa shape index (κ2) is 7.26. The molecule has 0 saturated carbocycles. The van der Waals surface area contributed by atoms with E-state index in [0.29, 0.717) is 5.88 Å². The van der Waals surface area contributed by atoms with Gasteiger partial charge < -0.3 is 5.11 Å². The first-order valence-electron chi connectivity index (χ1n) is 3.98. The first kappa shape index (κ1) is 11.6. The van der Waals surface area contributed by atoms with Crippen LogP contribution >= 0.6 is 23.4 Å². The molecule has 0 aromatic heterocycles. The van der Waals surface area contributed by atoms with Crippen LogP contribution in [0.4, 0.5) is 0 Å². The molecule has 0 radical (unpaired) electrons. The van der Waals surface area contributed by atoms with Gasteiger partial charge in [-0.2, -0.15) is 11.8 Å². The second-order valence-electron chi connectivity index (χ2n) is 3.07. The van der Waals surface area contributed by atoms with E-state index < -0.39 is 0 Å². The Labute approximate surface area is 78.5 Å². The number of rotatable bonds is 6. The zero-order valence-corrected chi connectivity index (χ0v) is 8.79. The molecule has 0 saturated heterocycles. The molecule has 0 aliphatic carbocycles. The summed E-state index contributed by atoms with van der Waals surface area (Å²) in [6, 6.07) is 0. The first-order chi connectivity index (χ1) is 5.16. The lowest BCUT2D eigenvalue weighted by Gasteiger charge is -2.06. The summed E-state index contributed by atoms with van der Waals surface area (Å²) in [6.45, 7) is 4.41. The summed E-state index contributed by atoms with van der Waals surface area (Å²) in [5, 5.41) is 9.07. The van der Waals surface area contributed by atoms with E-state index in [1.807, 2.05) is 0 Å². The SMILES string of the molecule is CC(C)CCSCC(O)CCl. The van der Waals surface area contributed by atoms with Gasteiger partial charge in [-0.05, 0) is 18.1 Å². The highest BCUT2D eigenvalue weighted by Gasteiger charge is 2.01. The predicted molar refractivity (Wildman–Crippen MR) is 53.5 cm³/mol. The molecule has 0 amide bonds. The Morgan fingerprint density at radius 1 is 1.45 bits per heavy atom. The fourth-order valence-corrected chi connectivity index (χ4v) is 2.02. The minimum absolute atomic E-state index is 0.325. The Bertz CT molecular complexity index is 88.2. The summed E-state index contributed by atoms with van der Waals surface area (Å²) in [4.78, 5) is 0. The van der Waals surface area contributed by atoms with Crippen molar-refractivity contribution in [3.8, 4) is 0 Å². The maximum Gasteiger partial charge on any atom is 0.0765 e. The van der Waals surface area contributed by atoms with Crippen molar-refractivity contribution in [2.75, 3.05) is 17.4 Å². The van der Waals surface area contributed by atoms with Crippen LogP contribution in [0.1, 0.15) is 20.3 Å². The van der Waals surface area contributed by atoms with Crippen LogP contribution in [0.3, 0.4) is 0 Å². The lowest BCUT2D eigenvalue weighted by Crippen LogP contribution is -2.11. The zero-order chi connectivity index (χ0) is 8.69. The van der Waals surface area contributed by atoms with Gasteiger partial charge in [0.15, 0.2) is 0 Å². The van der Waals surface area contributed by atoms with Crippen LogP contribution in [0.5, 0.6) is 0 Å². The molecule has 11 heavy (non-hydrogen) atoms. The molecule has 0 bridgehead atoms. The third-order valence-electron chi connectivity index (χ3n) is 1.33. The highest BCUT2D eigenvalue weighted by molar-refractivity contribution is 7.99. The quantitative estimate of drug-likeness (QED) is 0.520. The molecule has 1 unspecified atom stereocenters. The number of hydrogen-bond acceptors (Lipinski definition) is 2. The lowest BCUT2D eigenvalue weighted by atomic mass is 10.2. The van der Waals surface area contributed by atoms with Crippen LogP contribution in [0, 0.1) is 5.92 Å². The van der Waals surface area contributed by atoms with E-state index in [1.165, 1.54) is 6.42 Å². The number of aliphatic hydroxyl groups excluding tert-OH is 1. The van der Waals surface area contributed by atoms with Crippen LogP contribution < -0.4 is 0 Å². The van der Waals surface area contributed by atoms with E-state index >= 15 is 0 Å².